The predicted octanol–water partition coefficient (Wildman–Crippen LogP) is 1.70. The summed E-state index contributed by atoms with van der Waals surface area (Å²) in [7, 11) is 0. The monoisotopic (exact) mass is 389 g/mol. The number of amides is 4. The maximum Gasteiger partial charge on any atom is 0.325 e. The first-order valence-corrected chi connectivity index (χ1v) is 9.91. The number of urea groups is 1. The average Bonchev–Trinajstić information content (AvgIpc) is 3.29. The number of nitrogens with one attached hydrogen (secondary N) is 2. The molecule has 1 aliphatic heterocycles. The van der Waals surface area contributed by atoms with Gasteiger partial charge in [-0.2, -0.15) is 0 Å². The predicted molar refractivity (Wildman–Crippen MR) is 97.9 cm³/mol. The van der Waals surface area contributed by atoms with Gasteiger partial charge in [0.1, 0.15) is 12.1 Å². The van der Waals surface area contributed by atoms with Crippen molar-refractivity contribution in [2.45, 2.75) is 70.9 Å². The largest absolute Gasteiger partial charge is 0.423 e. The molecule has 3 fully saturated rings. The molecule has 2 atom stereocenters. The zero-order valence-corrected chi connectivity index (χ0v) is 16.6. The summed E-state index contributed by atoms with van der Waals surface area (Å²) < 4.78 is 5.50. The van der Waals surface area contributed by atoms with Crippen LogP contribution in [-0.2, 0) is 16.1 Å². The molecule has 9 nitrogen and oxygen atoms in total. The molecule has 4 rings (SSSR count). The molecule has 0 radical (unpaired) electrons. The van der Waals surface area contributed by atoms with Crippen LogP contribution in [0.2, 0.25) is 0 Å². The highest BCUT2D eigenvalue weighted by molar-refractivity contribution is 6.09. The minimum atomic E-state index is -0.899. The van der Waals surface area contributed by atoms with Crippen molar-refractivity contribution in [3.8, 4) is 0 Å². The fraction of sp³-hybridized carbons (Fsp3) is 0.737. The third-order valence-corrected chi connectivity index (χ3v) is 5.77. The van der Waals surface area contributed by atoms with Crippen LogP contribution in [-0.4, -0.2) is 45.0 Å². The molecule has 28 heavy (non-hydrogen) atoms. The minimum absolute atomic E-state index is 0.0455. The van der Waals surface area contributed by atoms with Gasteiger partial charge in [-0.1, -0.05) is 20.8 Å². The Morgan fingerprint density at radius 1 is 1.29 bits per heavy atom. The maximum absolute atomic E-state index is 13.0. The van der Waals surface area contributed by atoms with Crippen molar-refractivity contribution >= 4 is 17.8 Å². The smallest absolute Gasteiger partial charge is 0.325 e. The lowest BCUT2D eigenvalue weighted by Gasteiger charge is -2.43. The lowest BCUT2D eigenvalue weighted by atomic mass is 9.64. The van der Waals surface area contributed by atoms with Gasteiger partial charge in [-0.25, -0.2) is 4.79 Å². The van der Waals surface area contributed by atoms with Gasteiger partial charge >= 0.3 is 6.03 Å². The zero-order chi connectivity index (χ0) is 20.1. The van der Waals surface area contributed by atoms with Crippen molar-refractivity contribution in [1.29, 1.82) is 0 Å². The van der Waals surface area contributed by atoms with Crippen LogP contribution in [0.15, 0.2) is 4.42 Å². The van der Waals surface area contributed by atoms with Crippen molar-refractivity contribution in [1.82, 2.24) is 25.7 Å². The molecule has 2 heterocycles. The Morgan fingerprint density at radius 3 is 2.71 bits per heavy atom. The van der Waals surface area contributed by atoms with Crippen molar-refractivity contribution < 1.29 is 18.8 Å². The molecule has 1 spiro atoms. The normalized spacial score (nSPS) is 29.2. The second kappa shape index (κ2) is 6.56. The summed E-state index contributed by atoms with van der Waals surface area (Å²) in [5.74, 6) is 0.859. The summed E-state index contributed by atoms with van der Waals surface area (Å²) in [5.41, 5.74) is -0.944. The van der Waals surface area contributed by atoms with Crippen LogP contribution in [0.1, 0.15) is 70.6 Å². The first-order valence-electron chi connectivity index (χ1n) is 9.91. The van der Waals surface area contributed by atoms with Crippen LogP contribution in [0.5, 0.6) is 0 Å². The molecule has 3 aliphatic rings. The number of hydrogen-bond donors (Lipinski definition) is 2. The van der Waals surface area contributed by atoms with Crippen molar-refractivity contribution in [2.75, 3.05) is 6.54 Å². The van der Waals surface area contributed by atoms with Crippen LogP contribution in [0, 0.1) is 11.3 Å². The minimum Gasteiger partial charge on any atom is -0.423 e. The number of carbonyl (C=O) groups excluding carboxylic acids is 3. The summed E-state index contributed by atoms with van der Waals surface area (Å²) in [4.78, 5) is 38.8. The van der Waals surface area contributed by atoms with E-state index >= 15 is 0 Å². The van der Waals surface area contributed by atoms with Gasteiger partial charge in [-0.3, -0.25) is 14.5 Å². The molecule has 1 aromatic heterocycles. The van der Waals surface area contributed by atoms with E-state index < -0.39 is 17.5 Å². The molecule has 2 unspecified atom stereocenters. The zero-order valence-electron chi connectivity index (χ0n) is 16.6. The van der Waals surface area contributed by atoms with E-state index in [2.05, 4.69) is 41.6 Å². The summed E-state index contributed by atoms with van der Waals surface area (Å²) in [6.45, 7) is 6.08. The Morgan fingerprint density at radius 2 is 2.04 bits per heavy atom. The van der Waals surface area contributed by atoms with Gasteiger partial charge in [0, 0.05) is 5.92 Å². The lowest BCUT2D eigenvalue weighted by Crippen LogP contribution is -2.54. The highest BCUT2D eigenvalue weighted by atomic mass is 16.4. The van der Waals surface area contributed by atoms with E-state index in [9.17, 15) is 14.4 Å². The number of aromatic nitrogens is 2. The third-order valence-electron chi connectivity index (χ3n) is 5.77. The van der Waals surface area contributed by atoms with Crippen LogP contribution in [0.4, 0.5) is 4.79 Å². The molecule has 2 aliphatic carbocycles. The maximum atomic E-state index is 13.0. The molecule has 1 saturated heterocycles. The number of hydrogen-bond acceptors (Lipinski definition) is 6. The van der Waals surface area contributed by atoms with Crippen LogP contribution < -0.4 is 10.6 Å². The Balaban J connectivity index is 1.36. The summed E-state index contributed by atoms with van der Waals surface area (Å²) in [6.07, 6.45) is 4.30. The average molecular weight is 389 g/mol. The standard InChI is InChI=1S/C19H27N5O4/c1-11-6-18(2,3)10-19(7-11)16(26)24(17(27)21-19)9-13(25)20-8-14-22-23-15(28-14)12-4-5-12/h11-12H,4-10H2,1-3H3,(H,20,25)(H,21,27). The van der Waals surface area contributed by atoms with Crippen molar-refractivity contribution in [3.63, 3.8) is 0 Å². The Hall–Kier alpha value is -2.45. The summed E-state index contributed by atoms with van der Waals surface area (Å²) in [5, 5.41) is 13.4. The molecule has 9 heteroatoms. The van der Waals surface area contributed by atoms with Crippen molar-refractivity contribution in [3.05, 3.63) is 11.8 Å². The molecular formula is C19H27N5O4. The molecule has 1 aromatic rings. The molecular weight excluding hydrogens is 362 g/mol. The Bertz CT molecular complexity index is 815. The Labute approximate surface area is 163 Å². The molecule has 0 bridgehead atoms. The number of nitrogens with zero attached hydrogens (tertiary/aromatic N) is 3. The number of carbonyl (C=O) groups is 3. The molecule has 4 amide bonds. The van der Waals surface area contributed by atoms with Crippen LogP contribution >= 0.6 is 0 Å². The summed E-state index contributed by atoms with van der Waals surface area (Å²) in [6, 6.07) is -0.501. The van der Waals surface area contributed by atoms with E-state index in [0.717, 1.165) is 24.2 Å². The second-order valence-corrected chi connectivity index (χ2v) is 9.34. The molecule has 152 valence electrons. The molecule has 0 aromatic carbocycles. The number of rotatable bonds is 5. The van der Waals surface area contributed by atoms with Crippen LogP contribution in [0.25, 0.3) is 0 Å². The van der Waals surface area contributed by atoms with E-state index in [1.54, 1.807) is 0 Å². The van der Waals surface area contributed by atoms with Gasteiger partial charge in [-0.05, 0) is 43.4 Å². The van der Waals surface area contributed by atoms with Gasteiger partial charge in [0.05, 0.1) is 6.54 Å². The van der Waals surface area contributed by atoms with Gasteiger partial charge in [0.2, 0.25) is 17.7 Å². The summed E-state index contributed by atoms with van der Waals surface area (Å²) >= 11 is 0. The highest BCUT2D eigenvalue weighted by Crippen LogP contribution is 2.46. The van der Waals surface area contributed by atoms with Gasteiger partial charge in [0.25, 0.3) is 5.91 Å². The Kier molecular flexibility index (Phi) is 4.43. The van der Waals surface area contributed by atoms with Gasteiger partial charge in [0.15, 0.2) is 0 Å². The van der Waals surface area contributed by atoms with E-state index in [0.29, 0.717) is 36.5 Å². The van der Waals surface area contributed by atoms with Crippen LogP contribution in [0.3, 0.4) is 0 Å². The first-order chi connectivity index (χ1) is 13.2. The van der Waals surface area contributed by atoms with E-state index in [-0.39, 0.29) is 24.4 Å². The highest BCUT2D eigenvalue weighted by Gasteiger charge is 2.56. The van der Waals surface area contributed by atoms with Crippen molar-refractivity contribution in [2.24, 2.45) is 11.3 Å². The number of imide groups is 1. The second-order valence-electron chi connectivity index (χ2n) is 9.34. The third kappa shape index (κ3) is 3.62. The quantitative estimate of drug-likeness (QED) is 0.740. The van der Waals surface area contributed by atoms with E-state index in [1.807, 2.05) is 0 Å². The van der Waals surface area contributed by atoms with Gasteiger partial charge in [-0.15, -0.1) is 10.2 Å². The molecule has 2 N–H and O–H groups in total. The lowest BCUT2D eigenvalue weighted by molar-refractivity contribution is -0.137. The molecule has 2 saturated carbocycles. The van der Waals surface area contributed by atoms with E-state index in [1.165, 1.54) is 0 Å². The first kappa shape index (κ1) is 18.9. The fourth-order valence-corrected chi connectivity index (χ4v) is 4.86. The van der Waals surface area contributed by atoms with Gasteiger partial charge < -0.3 is 15.1 Å². The van der Waals surface area contributed by atoms with E-state index in [4.69, 9.17) is 4.42 Å². The fourth-order valence-electron chi connectivity index (χ4n) is 4.86. The SMILES string of the molecule is CC1CC(C)(C)CC2(C1)NC(=O)N(CC(=O)NCc1nnc(C3CC3)o1)C2=O. The topological polar surface area (TPSA) is 117 Å².